The van der Waals surface area contributed by atoms with Crippen molar-refractivity contribution in [3.63, 3.8) is 0 Å². The van der Waals surface area contributed by atoms with Gasteiger partial charge >= 0.3 is 5.97 Å². The number of thiophene rings is 1. The summed E-state index contributed by atoms with van der Waals surface area (Å²) < 4.78 is 1.83. The van der Waals surface area contributed by atoms with Gasteiger partial charge in [0.1, 0.15) is 17.5 Å². The normalized spacial score (nSPS) is 21.6. The summed E-state index contributed by atoms with van der Waals surface area (Å²) in [4.78, 5) is 33.1. The number of nitrogens with zero attached hydrogens (tertiary/aromatic N) is 4. The smallest absolute Gasteiger partial charge is 0.348 e. The molecule has 2 aromatic heterocycles. The maximum absolute atomic E-state index is 13.8. The monoisotopic (exact) mass is 484 g/mol. The lowest BCUT2D eigenvalue weighted by molar-refractivity contribution is -0.123. The highest BCUT2D eigenvalue weighted by Gasteiger charge is 2.32. The summed E-state index contributed by atoms with van der Waals surface area (Å²) in [5, 5.41) is 14.2. The zero-order valence-corrected chi connectivity index (χ0v) is 21.1. The van der Waals surface area contributed by atoms with Crippen molar-refractivity contribution in [3.8, 4) is 0 Å². The van der Waals surface area contributed by atoms with Gasteiger partial charge in [-0.15, -0.1) is 11.3 Å². The van der Waals surface area contributed by atoms with E-state index in [4.69, 9.17) is 0 Å². The van der Waals surface area contributed by atoms with E-state index in [1.54, 1.807) is 11.2 Å². The minimum atomic E-state index is -0.950. The molecular formula is C26H36N4O3S. The molecule has 4 rings (SSSR count). The predicted molar refractivity (Wildman–Crippen MR) is 135 cm³/mol. The minimum Gasteiger partial charge on any atom is -0.477 e. The number of amides is 1. The van der Waals surface area contributed by atoms with Gasteiger partial charge in [-0.1, -0.05) is 13.0 Å². The van der Waals surface area contributed by atoms with Crippen LogP contribution in [0.25, 0.3) is 5.57 Å². The Hall–Kier alpha value is -2.48. The second kappa shape index (κ2) is 11.3. The van der Waals surface area contributed by atoms with Gasteiger partial charge < -0.3 is 10.0 Å². The first-order valence-electron chi connectivity index (χ1n) is 12.7. The lowest BCUT2D eigenvalue weighted by Gasteiger charge is -2.31. The molecule has 1 unspecified atom stereocenters. The number of carbonyl (C=O) groups excluding carboxylic acids is 1. The van der Waals surface area contributed by atoms with Gasteiger partial charge in [0.05, 0.1) is 11.7 Å². The van der Waals surface area contributed by atoms with Gasteiger partial charge in [0.25, 0.3) is 0 Å². The maximum Gasteiger partial charge on any atom is 0.348 e. The summed E-state index contributed by atoms with van der Waals surface area (Å²) in [5.41, 5.74) is 1.81. The van der Waals surface area contributed by atoms with Crippen LogP contribution in [0.4, 0.5) is 5.69 Å². The third kappa shape index (κ3) is 5.77. The Bertz CT molecular complexity index is 1010. The van der Waals surface area contributed by atoms with E-state index < -0.39 is 5.97 Å². The van der Waals surface area contributed by atoms with E-state index in [0.717, 1.165) is 62.7 Å². The van der Waals surface area contributed by atoms with Crippen LogP contribution in [0.5, 0.6) is 0 Å². The molecule has 8 heteroatoms. The molecule has 34 heavy (non-hydrogen) atoms. The highest BCUT2D eigenvalue weighted by Crippen LogP contribution is 2.40. The van der Waals surface area contributed by atoms with Crippen LogP contribution in [0.15, 0.2) is 24.8 Å². The van der Waals surface area contributed by atoms with Crippen molar-refractivity contribution in [2.24, 2.45) is 11.8 Å². The topological polar surface area (TPSA) is 88.3 Å². The Kier molecular flexibility index (Phi) is 8.19. The van der Waals surface area contributed by atoms with E-state index in [9.17, 15) is 14.7 Å². The van der Waals surface area contributed by atoms with Crippen molar-refractivity contribution in [3.05, 3.63) is 34.6 Å². The molecule has 1 saturated carbocycles. The van der Waals surface area contributed by atoms with Gasteiger partial charge in [0.15, 0.2) is 0 Å². The van der Waals surface area contributed by atoms with E-state index >= 15 is 0 Å². The number of rotatable bonds is 9. The molecule has 1 amide bonds. The second-order valence-corrected chi connectivity index (χ2v) is 11.0. The van der Waals surface area contributed by atoms with Gasteiger partial charge in [-0.3, -0.25) is 9.48 Å². The van der Waals surface area contributed by atoms with Gasteiger partial charge in [0.2, 0.25) is 5.91 Å². The average molecular weight is 485 g/mol. The zero-order chi connectivity index (χ0) is 24.1. The number of anilines is 1. The molecule has 0 radical (unpaired) electrons. The average Bonchev–Trinajstić information content (AvgIpc) is 3.53. The van der Waals surface area contributed by atoms with Crippen molar-refractivity contribution in [2.45, 2.75) is 84.1 Å². The van der Waals surface area contributed by atoms with Crippen molar-refractivity contribution in [2.75, 3.05) is 11.4 Å². The van der Waals surface area contributed by atoms with Crippen LogP contribution in [0.3, 0.4) is 0 Å². The van der Waals surface area contributed by atoms with Gasteiger partial charge in [-0.25, -0.2) is 9.78 Å². The first-order valence-corrected chi connectivity index (χ1v) is 13.5. The van der Waals surface area contributed by atoms with Crippen molar-refractivity contribution in [1.29, 1.82) is 0 Å². The second-order valence-electron chi connectivity index (χ2n) is 9.92. The first-order chi connectivity index (χ1) is 16.4. The number of aromatic nitrogens is 3. The first kappa shape index (κ1) is 24.6. The molecule has 0 bridgehead atoms. The standard InChI is InChI=1S/C26H36N4O3S/c1-18-10-12-21(13-11-18)25(31)29(14-6-7-19(2)30-17-27-16-28-30)22-15-23(34-24(22)26(32)33)20-8-4-3-5-9-20/h8,15-19,21H,3-7,9-14H2,1-2H3,(H,32,33). The molecule has 2 aliphatic rings. The summed E-state index contributed by atoms with van der Waals surface area (Å²) in [6, 6.07) is 2.13. The van der Waals surface area contributed by atoms with E-state index in [1.165, 1.54) is 29.7 Å². The number of aromatic carboxylic acids is 1. The number of allylic oxidation sites excluding steroid dienone is 2. The highest BCUT2D eigenvalue weighted by atomic mass is 32.1. The molecule has 0 spiro atoms. The lowest BCUT2D eigenvalue weighted by Crippen LogP contribution is -2.39. The van der Waals surface area contributed by atoms with E-state index in [2.05, 4.69) is 30.0 Å². The van der Waals surface area contributed by atoms with Crippen LogP contribution in [0, 0.1) is 11.8 Å². The van der Waals surface area contributed by atoms with Crippen LogP contribution < -0.4 is 4.90 Å². The molecular weight excluding hydrogens is 448 g/mol. The Labute approximate surface area is 205 Å². The summed E-state index contributed by atoms with van der Waals surface area (Å²) in [6.07, 6.45) is 15.3. The predicted octanol–water partition coefficient (Wildman–Crippen LogP) is 6.20. The Balaban J connectivity index is 1.58. The third-order valence-electron chi connectivity index (χ3n) is 7.33. The molecule has 0 aliphatic heterocycles. The van der Waals surface area contributed by atoms with Crippen LogP contribution in [0.2, 0.25) is 0 Å². The SMILES string of the molecule is CC1CCC(C(=O)N(CCCC(C)n2cncn2)c2cc(C3=CCCCC3)sc2C(=O)O)CC1. The minimum absolute atomic E-state index is 0.0252. The fourth-order valence-corrected chi connectivity index (χ4v) is 6.22. The van der Waals surface area contributed by atoms with Crippen molar-refractivity contribution >= 4 is 34.5 Å². The molecule has 0 saturated heterocycles. The van der Waals surface area contributed by atoms with Crippen LogP contribution in [-0.2, 0) is 4.79 Å². The molecule has 2 heterocycles. The van der Waals surface area contributed by atoms with Crippen LogP contribution >= 0.6 is 11.3 Å². The van der Waals surface area contributed by atoms with E-state index in [1.807, 2.05) is 10.7 Å². The van der Waals surface area contributed by atoms with Crippen molar-refractivity contribution in [1.82, 2.24) is 14.8 Å². The largest absolute Gasteiger partial charge is 0.477 e. The van der Waals surface area contributed by atoms with E-state index in [0.29, 0.717) is 18.2 Å². The van der Waals surface area contributed by atoms with Gasteiger partial charge in [-0.05, 0) is 88.7 Å². The Morgan fingerprint density at radius 3 is 2.71 bits per heavy atom. The molecule has 0 aromatic carbocycles. The maximum atomic E-state index is 13.8. The molecule has 2 aliphatic carbocycles. The molecule has 1 fully saturated rings. The number of carboxylic acids is 1. The highest BCUT2D eigenvalue weighted by molar-refractivity contribution is 7.15. The van der Waals surface area contributed by atoms with Gasteiger partial charge in [-0.2, -0.15) is 5.10 Å². The molecule has 1 N–H and O–H groups in total. The molecule has 184 valence electrons. The van der Waals surface area contributed by atoms with Crippen molar-refractivity contribution < 1.29 is 14.7 Å². The van der Waals surface area contributed by atoms with Crippen LogP contribution in [-0.4, -0.2) is 38.3 Å². The van der Waals surface area contributed by atoms with E-state index in [-0.39, 0.29) is 22.7 Å². The number of hydrogen-bond donors (Lipinski definition) is 1. The molecule has 1 atom stereocenters. The zero-order valence-electron chi connectivity index (χ0n) is 20.3. The fraction of sp³-hybridized carbons (Fsp3) is 0.615. The third-order valence-corrected chi connectivity index (χ3v) is 8.52. The summed E-state index contributed by atoms with van der Waals surface area (Å²) in [7, 11) is 0. The lowest BCUT2D eigenvalue weighted by atomic mass is 9.82. The summed E-state index contributed by atoms with van der Waals surface area (Å²) >= 11 is 1.32. The molecule has 2 aromatic rings. The molecule has 7 nitrogen and oxygen atoms in total. The van der Waals surface area contributed by atoms with Gasteiger partial charge in [0, 0.05) is 17.3 Å². The Morgan fingerprint density at radius 1 is 1.26 bits per heavy atom. The summed E-state index contributed by atoms with van der Waals surface area (Å²) in [6.45, 7) is 4.85. The number of hydrogen-bond acceptors (Lipinski definition) is 5. The fourth-order valence-electron chi connectivity index (χ4n) is 5.15. The quantitative estimate of drug-likeness (QED) is 0.458. The van der Waals surface area contributed by atoms with Crippen LogP contribution in [0.1, 0.15) is 98.6 Å². The number of carbonyl (C=O) groups is 2. The Morgan fingerprint density at radius 2 is 2.06 bits per heavy atom. The number of carboxylic acid groups (broad SMARTS) is 1. The summed E-state index contributed by atoms with van der Waals surface area (Å²) in [5.74, 6) is -0.233.